The SMILES string of the molecule is Cc1csc(N(C(=O)c2ccc(N3CCOCC3)c([N+](=O)[O-])c2)c2ccccc2)n1. The van der Waals surface area contributed by atoms with E-state index >= 15 is 0 Å². The third-order valence-corrected chi connectivity index (χ3v) is 5.73. The molecule has 3 aromatic rings. The van der Waals surface area contributed by atoms with Crippen molar-refractivity contribution < 1.29 is 14.5 Å². The zero-order chi connectivity index (χ0) is 21.1. The Morgan fingerprint density at radius 1 is 1.20 bits per heavy atom. The summed E-state index contributed by atoms with van der Waals surface area (Å²) in [5.74, 6) is -0.368. The molecule has 154 valence electrons. The van der Waals surface area contributed by atoms with Crippen LogP contribution in [0.25, 0.3) is 0 Å². The van der Waals surface area contributed by atoms with E-state index in [1.807, 2.05) is 47.5 Å². The lowest BCUT2D eigenvalue weighted by atomic mass is 10.1. The molecule has 0 N–H and O–H groups in total. The molecular formula is C21H20N4O4S. The molecule has 9 heteroatoms. The molecule has 0 atom stereocenters. The molecule has 2 aromatic carbocycles. The van der Waals surface area contributed by atoms with Crippen molar-refractivity contribution in [2.75, 3.05) is 36.1 Å². The van der Waals surface area contributed by atoms with E-state index in [1.54, 1.807) is 12.1 Å². The van der Waals surface area contributed by atoms with Gasteiger partial charge in [0.2, 0.25) is 0 Å². The van der Waals surface area contributed by atoms with E-state index in [-0.39, 0.29) is 17.2 Å². The summed E-state index contributed by atoms with van der Waals surface area (Å²) in [5, 5.41) is 14.1. The first-order valence-corrected chi connectivity index (χ1v) is 10.4. The highest BCUT2D eigenvalue weighted by molar-refractivity contribution is 7.14. The van der Waals surface area contributed by atoms with Crippen molar-refractivity contribution in [3.8, 4) is 0 Å². The van der Waals surface area contributed by atoms with Gasteiger partial charge in [0, 0.05) is 30.1 Å². The van der Waals surface area contributed by atoms with Crippen LogP contribution in [0.3, 0.4) is 0 Å². The van der Waals surface area contributed by atoms with Gasteiger partial charge in [-0.25, -0.2) is 4.98 Å². The first-order valence-electron chi connectivity index (χ1n) is 9.47. The lowest BCUT2D eigenvalue weighted by Gasteiger charge is -2.28. The molecule has 1 amide bonds. The number of hydrogen-bond donors (Lipinski definition) is 0. The molecule has 1 saturated heterocycles. The minimum Gasteiger partial charge on any atom is -0.378 e. The molecule has 0 aliphatic carbocycles. The van der Waals surface area contributed by atoms with Crippen LogP contribution >= 0.6 is 11.3 Å². The van der Waals surface area contributed by atoms with E-state index in [9.17, 15) is 14.9 Å². The second kappa shape index (κ2) is 8.60. The van der Waals surface area contributed by atoms with Crippen LogP contribution in [-0.4, -0.2) is 42.1 Å². The Morgan fingerprint density at radius 3 is 2.57 bits per heavy atom. The fraction of sp³-hybridized carbons (Fsp3) is 0.238. The highest BCUT2D eigenvalue weighted by atomic mass is 32.1. The largest absolute Gasteiger partial charge is 0.378 e. The number of benzene rings is 2. The Morgan fingerprint density at radius 2 is 1.93 bits per heavy atom. The van der Waals surface area contributed by atoms with Gasteiger partial charge in [0.05, 0.1) is 29.5 Å². The number of ether oxygens (including phenoxy) is 1. The molecule has 1 aromatic heterocycles. The van der Waals surface area contributed by atoms with Gasteiger partial charge in [-0.15, -0.1) is 11.3 Å². The molecule has 0 bridgehead atoms. The van der Waals surface area contributed by atoms with Crippen molar-refractivity contribution in [2.24, 2.45) is 0 Å². The summed E-state index contributed by atoms with van der Waals surface area (Å²) in [5.41, 5.74) is 2.09. The topological polar surface area (TPSA) is 88.8 Å². The summed E-state index contributed by atoms with van der Waals surface area (Å²) in [6, 6.07) is 13.8. The van der Waals surface area contributed by atoms with Crippen molar-refractivity contribution in [2.45, 2.75) is 6.92 Å². The highest BCUT2D eigenvalue weighted by Crippen LogP contribution is 2.34. The molecule has 8 nitrogen and oxygen atoms in total. The summed E-state index contributed by atoms with van der Waals surface area (Å²) in [6.07, 6.45) is 0. The Balaban J connectivity index is 1.74. The third-order valence-electron chi connectivity index (χ3n) is 4.79. The van der Waals surface area contributed by atoms with Crippen molar-refractivity contribution in [3.63, 3.8) is 0 Å². The molecule has 0 radical (unpaired) electrons. The minimum absolute atomic E-state index is 0.0916. The number of rotatable bonds is 5. The molecule has 1 aliphatic rings. The average Bonchev–Trinajstić information content (AvgIpc) is 3.20. The van der Waals surface area contributed by atoms with E-state index in [4.69, 9.17) is 4.74 Å². The Kier molecular flexibility index (Phi) is 5.73. The van der Waals surface area contributed by atoms with Gasteiger partial charge in [-0.1, -0.05) is 18.2 Å². The van der Waals surface area contributed by atoms with Crippen molar-refractivity contribution in [3.05, 3.63) is 75.3 Å². The maximum absolute atomic E-state index is 13.5. The van der Waals surface area contributed by atoms with Gasteiger partial charge < -0.3 is 9.64 Å². The van der Waals surface area contributed by atoms with Gasteiger partial charge in [-0.2, -0.15) is 0 Å². The van der Waals surface area contributed by atoms with Gasteiger partial charge in [0.1, 0.15) is 5.69 Å². The predicted octanol–water partition coefficient (Wildman–Crippen LogP) is 4.17. The Bertz CT molecular complexity index is 1060. The Hall–Kier alpha value is -3.30. The van der Waals surface area contributed by atoms with Crippen LogP contribution in [-0.2, 0) is 4.74 Å². The van der Waals surface area contributed by atoms with Crippen molar-refractivity contribution in [1.82, 2.24) is 4.98 Å². The first kappa shape index (κ1) is 20.0. The smallest absolute Gasteiger partial charge is 0.293 e. The zero-order valence-electron chi connectivity index (χ0n) is 16.4. The average molecular weight is 424 g/mol. The number of nitro groups is 1. The van der Waals surface area contributed by atoms with Gasteiger partial charge in [-0.3, -0.25) is 19.8 Å². The molecule has 1 aliphatic heterocycles. The van der Waals surface area contributed by atoms with Crippen LogP contribution in [0.1, 0.15) is 16.1 Å². The fourth-order valence-corrected chi connectivity index (χ4v) is 4.16. The number of carbonyl (C=O) groups excluding carboxylic acids is 1. The fourth-order valence-electron chi connectivity index (χ4n) is 3.34. The monoisotopic (exact) mass is 424 g/mol. The van der Waals surface area contributed by atoms with Crippen LogP contribution in [0, 0.1) is 17.0 Å². The molecule has 0 saturated carbocycles. The minimum atomic E-state index is -0.442. The number of hydrogen-bond acceptors (Lipinski definition) is 7. The second-order valence-electron chi connectivity index (χ2n) is 6.81. The highest BCUT2D eigenvalue weighted by Gasteiger charge is 2.27. The van der Waals surface area contributed by atoms with E-state index < -0.39 is 4.92 Å². The summed E-state index contributed by atoms with van der Waals surface area (Å²) < 4.78 is 5.34. The number of aryl methyl sites for hydroxylation is 1. The number of anilines is 3. The van der Waals surface area contributed by atoms with Crippen LogP contribution in [0.4, 0.5) is 22.2 Å². The van der Waals surface area contributed by atoms with Gasteiger partial charge >= 0.3 is 0 Å². The number of thiazole rings is 1. The molecule has 0 unspecified atom stereocenters. The van der Waals surface area contributed by atoms with Crippen molar-refractivity contribution >= 4 is 39.4 Å². The maximum Gasteiger partial charge on any atom is 0.293 e. The van der Waals surface area contributed by atoms with Crippen LogP contribution in [0.5, 0.6) is 0 Å². The lowest BCUT2D eigenvalue weighted by Crippen LogP contribution is -2.36. The number of nitro benzene ring substituents is 1. The van der Waals surface area contributed by atoms with Crippen LogP contribution < -0.4 is 9.80 Å². The molecule has 30 heavy (non-hydrogen) atoms. The maximum atomic E-state index is 13.5. The normalized spacial score (nSPS) is 13.8. The number of amides is 1. The van der Waals surface area contributed by atoms with Gasteiger partial charge in [-0.05, 0) is 31.2 Å². The van der Waals surface area contributed by atoms with Gasteiger partial charge in [0.25, 0.3) is 11.6 Å². The van der Waals surface area contributed by atoms with Gasteiger partial charge in [0.15, 0.2) is 5.13 Å². The molecule has 1 fully saturated rings. The number of nitrogens with zero attached hydrogens (tertiary/aromatic N) is 4. The number of para-hydroxylation sites is 1. The standard InChI is InChI=1S/C21H20N4O4S/c1-15-14-30-21(22-15)24(17-5-3-2-4-6-17)20(26)16-7-8-18(19(13-16)25(27)28)23-9-11-29-12-10-23/h2-8,13-14H,9-12H2,1H3. The van der Waals surface area contributed by atoms with Crippen LogP contribution in [0.2, 0.25) is 0 Å². The summed E-state index contributed by atoms with van der Waals surface area (Å²) in [6.45, 7) is 4.03. The quantitative estimate of drug-likeness (QED) is 0.451. The molecule has 2 heterocycles. The summed E-state index contributed by atoms with van der Waals surface area (Å²) in [4.78, 5) is 32.6. The molecular weight excluding hydrogens is 404 g/mol. The summed E-state index contributed by atoms with van der Waals surface area (Å²) >= 11 is 1.35. The van der Waals surface area contributed by atoms with E-state index in [0.29, 0.717) is 42.8 Å². The lowest BCUT2D eigenvalue weighted by molar-refractivity contribution is -0.384. The third kappa shape index (κ3) is 4.03. The van der Waals surface area contributed by atoms with Crippen molar-refractivity contribution in [1.29, 1.82) is 0 Å². The summed E-state index contributed by atoms with van der Waals surface area (Å²) in [7, 11) is 0. The van der Waals surface area contributed by atoms with E-state index in [1.165, 1.54) is 22.3 Å². The second-order valence-corrected chi connectivity index (χ2v) is 7.64. The van der Waals surface area contributed by atoms with E-state index in [0.717, 1.165) is 5.69 Å². The first-order chi connectivity index (χ1) is 14.5. The zero-order valence-corrected chi connectivity index (χ0v) is 17.2. The predicted molar refractivity (Wildman–Crippen MR) is 116 cm³/mol. The number of aromatic nitrogens is 1. The van der Waals surface area contributed by atoms with E-state index in [2.05, 4.69) is 4.98 Å². The number of carbonyl (C=O) groups is 1. The Labute approximate surface area is 177 Å². The molecule has 0 spiro atoms. The van der Waals surface area contributed by atoms with Crippen LogP contribution in [0.15, 0.2) is 53.9 Å². The molecule has 4 rings (SSSR count). The number of morpholine rings is 1.